The summed E-state index contributed by atoms with van der Waals surface area (Å²) in [5.41, 5.74) is 1.64. The highest BCUT2D eigenvalue weighted by Gasteiger charge is 2.47. The molecule has 2 aromatic carbocycles. The molecule has 1 atom stereocenters. The molecule has 2 heterocycles. The van der Waals surface area contributed by atoms with E-state index in [1.807, 2.05) is 12.1 Å². The summed E-state index contributed by atoms with van der Waals surface area (Å²) in [6.45, 7) is 0.103. The number of nitrogens with one attached hydrogen (secondary N) is 1. The Morgan fingerprint density at radius 3 is 2.45 bits per heavy atom. The summed E-state index contributed by atoms with van der Waals surface area (Å²) in [7, 11) is 1.73. The Morgan fingerprint density at radius 1 is 1.13 bits per heavy atom. The van der Waals surface area contributed by atoms with E-state index in [1.54, 1.807) is 36.0 Å². The monoisotopic (exact) mass is 449 g/mol. The number of benzene rings is 2. The molecule has 0 spiro atoms. The molecule has 0 saturated carbocycles. The van der Waals surface area contributed by atoms with Crippen molar-refractivity contribution in [2.24, 2.45) is 7.05 Å². The van der Waals surface area contributed by atoms with Gasteiger partial charge in [-0.3, -0.25) is 4.79 Å². The molecule has 0 unspecified atom stereocenters. The standard InChI is InChI=1S/C21H19ClF3N5O/c1-29-20(26-16-10-8-15(22)9-11-16)27-18(28-29)13-4-6-14(7-5-13)19(31)30-12-2-3-17(30)21(23,24)25/h4-11,17H,2-3,12H2,1H3,(H,26,27,28)/t17-/m0/s1. The Balaban J connectivity index is 1.51. The number of halogens is 4. The molecule has 1 aliphatic rings. The molecule has 1 aliphatic heterocycles. The van der Waals surface area contributed by atoms with Crippen molar-refractivity contribution < 1.29 is 18.0 Å². The van der Waals surface area contributed by atoms with Gasteiger partial charge in [0.2, 0.25) is 5.95 Å². The molecule has 1 aromatic heterocycles. The quantitative estimate of drug-likeness (QED) is 0.605. The van der Waals surface area contributed by atoms with Crippen LogP contribution in [-0.4, -0.2) is 44.3 Å². The van der Waals surface area contributed by atoms with Crippen LogP contribution in [0.3, 0.4) is 0 Å². The van der Waals surface area contributed by atoms with Crippen LogP contribution in [0.2, 0.25) is 5.02 Å². The molecule has 0 aliphatic carbocycles. The van der Waals surface area contributed by atoms with Crippen molar-refractivity contribution in [3.05, 3.63) is 59.1 Å². The number of carbonyl (C=O) groups is 1. The number of nitrogens with zero attached hydrogens (tertiary/aromatic N) is 4. The molecule has 0 bridgehead atoms. The van der Waals surface area contributed by atoms with Crippen molar-refractivity contribution in [2.75, 3.05) is 11.9 Å². The highest BCUT2D eigenvalue weighted by molar-refractivity contribution is 6.30. The predicted octanol–water partition coefficient (Wildman–Crippen LogP) is 5.05. The molecular weight excluding hydrogens is 431 g/mol. The van der Waals surface area contributed by atoms with E-state index in [0.717, 1.165) is 10.6 Å². The van der Waals surface area contributed by atoms with Gasteiger partial charge in [0.15, 0.2) is 5.82 Å². The fraction of sp³-hybridized carbons (Fsp3) is 0.286. The number of aryl methyl sites for hydroxylation is 1. The van der Waals surface area contributed by atoms with Gasteiger partial charge in [0.25, 0.3) is 5.91 Å². The highest BCUT2D eigenvalue weighted by atomic mass is 35.5. The molecule has 4 rings (SSSR count). The van der Waals surface area contributed by atoms with Gasteiger partial charge in [-0.05, 0) is 49.2 Å². The van der Waals surface area contributed by atoms with E-state index in [9.17, 15) is 18.0 Å². The van der Waals surface area contributed by atoms with Gasteiger partial charge >= 0.3 is 6.18 Å². The summed E-state index contributed by atoms with van der Waals surface area (Å²) in [6.07, 6.45) is -4.14. The molecule has 1 saturated heterocycles. The predicted molar refractivity (Wildman–Crippen MR) is 111 cm³/mol. The molecule has 3 aromatic rings. The lowest BCUT2D eigenvalue weighted by Gasteiger charge is -2.26. The van der Waals surface area contributed by atoms with Crippen molar-refractivity contribution in [1.29, 1.82) is 0 Å². The first kappa shape index (κ1) is 21.2. The van der Waals surface area contributed by atoms with Crippen LogP contribution in [0.4, 0.5) is 24.8 Å². The zero-order chi connectivity index (χ0) is 22.2. The second-order valence-electron chi connectivity index (χ2n) is 7.29. The van der Waals surface area contributed by atoms with Crippen molar-refractivity contribution >= 4 is 29.1 Å². The number of rotatable bonds is 4. The average molecular weight is 450 g/mol. The first-order valence-corrected chi connectivity index (χ1v) is 10.0. The van der Waals surface area contributed by atoms with Gasteiger partial charge in [0, 0.05) is 35.4 Å². The zero-order valence-corrected chi connectivity index (χ0v) is 17.3. The first-order valence-electron chi connectivity index (χ1n) is 9.64. The lowest BCUT2D eigenvalue weighted by Crippen LogP contribution is -2.44. The second-order valence-corrected chi connectivity index (χ2v) is 7.73. The van der Waals surface area contributed by atoms with E-state index < -0.39 is 18.1 Å². The fourth-order valence-corrected chi connectivity index (χ4v) is 3.68. The largest absolute Gasteiger partial charge is 0.408 e. The maximum Gasteiger partial charge on any atom is 0.408 e. The summed E-state index contributed by atoms with van der Waals surface area (Å²) in [4.78, 5) is 18.0. The van der Waals surface area contributed by atoms with Crippen molar-refractivity contribution in [1.82, 2.24) is 19.7 Å². The minimum Gasteiger partial charge on any atom is -0.327 e. The van der Waals surface area contributed by atoms with Gasteiger partial charge in [0.1, 0.15) is 6.04 Å². The fourth-order valence-electron chi connectivity index (χ4n) is 3.56. The molecule has 10 heteroatoms. The van der Waals surface area contributed by atoms with Gasteiger partial charge < -0.3 is 10.2 Å². The second kappa shape index (κ2) is 8.22. The molecule has 1 fully saturated rings. The SMILES string of the molecule is Cn1nc(-c2ccc(C(=O)N3CCC[C@H]3C(F)(F)F)cc2)nc1Nc1ccc(Cl)cc1. The lowest BCUT2D eigenvalue weighted by atomic mass is 10.1. The molecular formula is C21H19ClF3N5O. The number of likely N-dealkylation sites (tertiary alicyclic amines) is 1. The van der Waals surface area contributed by atoms with E-state index in [2.05, 4.69) is 15.4 Å². The van der Waals surface area contributed by atoms with Crippen LogP contribution in [-0.2, 0) is 7.05 Å². The lowest BCUT2D eigenvalue weighted by molar-refractivity contribution is -0.169. The normalized spacial score (nSPS) is 16.5. The topological polar surface area (TPSA) is 63.1 Å². The summed E-state index contributed by atoms with van der Waals surface area (Å²) < 4.78 is 41.1. The summed E-state index contributed by atoms with van der Waals surface area (Å²) in [5, 5.41) is 8.12. The van der Waals surface area contributed by atoms with Gasteiger partial charge in [-0.1, -0.05) is 23.7 Å². The van der Waals surface area contributed by atoms with Crippen LogP contribution >= 0.6 is 11.6 Å². The number of alkyl halides is 3. The average Bonchev–Trinajstić information content (AvgIpc) is 3.37. The minimum absolute atomic E-state index is 0.0609. The van der Waals surface area contributed by atoms with Crippen LogP contribution in [0.25, 0.3) is 11.4 Å². The minimum atomic E-state index is -4.42. The summed E-state index contributed by atoms with van der Waals surface area (Å²) in [6, 6.07) is 11.7. The van der Waals surface area contributed by atoms with E-state index in [1.165, 1.54) is 12.1 Å². The Morgan fingerprint density at radius 2 is 1.81 bits per heavy atom. The van der Waals surface area contributed by atoms with Crippen LogP contribution in [0.1, 0.15) is 23.2 Å². The van der Waals surface area contributed by atoms with Crippen molar-refractivity contribution in [3.8, 4) is 11.4 Å². The zero-order valence-electron chi connectivity index (χ0n) is 16.5. The van der Waals surface area contributed by atoms with Gasteiger partial charge in [-0.25, -0.2) is 4.68 Å². The Kier molecular flexibility index (Phi) is 5.62. The molecule has 1 amide bonds. The Bertz CT molecular complexity index is 1080. The number of anilines is 2. The van der Waals surface area contributed by atoms with Crippen LogP contribution < -0.4 is 5.32 Å². The van der Waals surface area contributed by atoms with Crippen LogP contribution in [0.5, 0.6) is 0 Å². The van der Waals surface area contributed by atoms with E-state index >= 15 is 0 Å². The molecule has 31 heavy (non-hydrogen) atoms. The van der Waals surface area contributed by atoms with Crippen LogP contribution in [0, 0.1) is 0 Å². The third-order valence-corrected chi connectivity index (χ3v) is 5.40. The van der Waals surface area contributed by atoms with Gasteiger partial charge in [-0.15, -0.1) is 5.10 Å². The van der Waals surface area contributed by atoms with E-state index in [-0.39, 0.29) is 18.5 Å². The third kappa shape index (κ3) is 4.51. The van der Waals surface area contributed by atoms with Crippen molar-refractivity contribution in [3.63, 3.8) is 0 Å². The maximum absolute atomic E-state index is 13.2. The van der Waals surface area contributed by atoms with Crippen LogP contribution in [0.15, 0.2) is 48.5 Å². The first-order chi connectivity index (χ1) is 14.7. The summed E-state index contributed by atoms with van der Waals surface area (Å²) in [5.74, 6) is 0.306. The number of carbonyl (C=O) groups excluding carboxylic acids is 1. The number of amides is 1. The molecule has 1 N–H and O–H groups in total. The molecule has 162 valence electrons. The van der Waals surface area contributed by atoms with E-state index in [4.69, 9.17) is 11.6 Å². The van der Waals surface area contributed by atoms with Crippen molar-refractivity contribution in [2.45, 2.75) is 25.1 Å². The Labute approximate surface area is 181 Å². The van der Waals surface area contributed by atoms with Gasteiger partial charge in [-0.2, -0.15) is 18.2 Å². The van der Waals surface area contributed by atoms with E-state index in [0.29, 0.717) is 28.8 Å². The maximum atomic E-state index is 13.2. The number of hydrogen-bond acceptors (Lipinski definition) is 4. The third-order valence-electron chi connectivity index (χ3n) is 5.14. The smallest absolute Gasteiger partial charge is 0.327 e. The molecule has 6 nitrogen and oxygen atoms in total. The highest BCUT2D eigenvalue weighted by Crippen LogP contribution is 2.33. The molecule has 0 radical (unpaired) electrons. The Hall–Kier alpha value is -3.07. The number of hydrogen-bond donors (Lipinski definition) is 1. The summed E-state index contributed by atoms with van der Waals surface area (Å²) >= 11 is 5.89. The van der Waals surface area contributed by atoms with Gasteiger partial charge in [0.05, 0.1) is 0 Å². The number of aromatic nitrogens is 3.